The molecule has 31 heavy (non-hydrogen) atoms. The molecule has 2 amide bonds. The summed E-state index contributed by atoms with van der Waals surface area (Å²) in [4.78, 5) is 26.5. The fourth-order valence-corrected chi connectivity index (χ4v) is 5.09. The topological polar surface area (TPSA) is 84.0 Å². The van der Waals surface area contributed by atoms with Gasteiger partial charge in [-0.15, -0.1) is 0 Å². The largest absolute Gasteiger partial charge is 0.497 e. The summed E-state index contributed by atoms with van der Waals surface area (Å²) in [6.45, 7) is 1.58. The first-order valence-electron chi connectivity index (χ1n) is 9.52. The van der Waals surface area contributed by atoms with E-state index < -0.39 is 16.1 Å². The second-order valence-corrected chi connectivity index (χ2v) is 8.82. The van der Waals surface area contributed by atoms with Crippen molar-refractivity contribution in [2.24, 2.45) is 0 Å². The predicted molar refractivity (Wildman–Crippen MR) is 117 cm³/mol. The number of benzene rings is 3. The van der Waals surface area contributed by atoms with Gasteiger partial charge in [-0.25, -0.2) is 13.2 Å². The van der Waals surface area contributed by atoms with Gasteiger partial charge in [0.05, 0.1) is 25.0 Å². The summed E-state index contributed by atoms with van der Waals surface area (Å²) in [7, 11) is -2.57. The minimum Gasteiger partial charge on any atom is -0.497 e. The number of carbonyl (C=O) groups is 2. The average molecular weight is 436 g/mol. The Morgan fingerprint density at radius 2 is 1.68 bits per heavy atom. The van der Waals surface area contributed by atoms with Gasteiger partial charge < -0.3 is 4.74 Å². The van der Waals surface area contributed by atoms with Crippen LogP contribution in [0.15, 0.2) is 77.7 Å². The number of ether oxygens (including phenoxy) is 1. The van der Waals surface area contributed by atoms with Crippen molar-refractivity contribution in [3.05, 3.63) is 83.9 Å². The molecule has 1 aliphatic heterocycles. The molecule has 8 heteroatoms. The van der Waals surface area contributed by atoms with E-state index in [0.717, 1.165) is 9.87 Å². The second-order valence-electron chi connectivity index (χ2n) is 7.06. The van der Waals surface area contributed by atoms with E-state index in [0.29, 0.717) is 17.0 Å². The van der Waals surface area contributed by atoms with E-state index in [4.69, 9.17) is 4.74 Å². The van der Waals surface area contributed by atoms with Gasteiger partial charge in [0.25, 0.3) is 10.0 Å². The highest BCUT2D eigenvalue weighted by atomic mass is 32.2. The third-order valence-corrected chi connectivity index (χ3v) is 6.81. The van der Waals surface area contributed by atoms with E-state index in [-0.39, 0.29) is 22.9 Å². The Hall–Kier alpha value is -3.65. The molecule has 0 aromatic heterocycles. The van der Waals surface area contributed by atoms with Crippen molar-refractivity contribution >= 4 is 33.2 Å². The van der Waals surface area contributed by atoms with Gasteiger partial charge in [-0.2, -0.15) is 4.31 Å². The van der Waals surface area contributed by atoms with Crippen molar-refractivity contribution in [2.45, 2.75) is 18.4 Å². The van der Waals surface area contributed by atoms with Crippen molar-refractivity contribution in [3.63, 3.8) is 0 Å². The van der Waals surface area contributed by atoms with Gasteiger partial charge in [-0.1, -0.05) is 24.3 Å². The van der Waals surface area contributed by atoms with Crippen LogP contribution in [-0.4, -0.2) is 27.3 Å². The number of nitrogens with zero attached hydrogens (tertiary/aromatic N) is 2. The zero-order valence-corrected chi connectivity index (χ0v) is 17.8. The maximum atomic E-state index is 13.5. The number of methoxy groups -OCH3 is 1. The Labute approximate surface area is 180 Å². The SMILES string of the molecule is COc1cccc(CN2C(=O)N(c3ccc(C(C)=O)cc3)S(=O)(=O)c3ccccc32)c1. The molecular weight excluding hydrogens is 416 g/mol. The first-order valence-corrected chi connectivity index (χ1v) is 11.0. The standard InChI is InChI=1S/C23H20N2O5S/c1-16(26)18-10-12-19(13-11-18)25-23(27)24(15-17-6-5-7-20(14-17)30-2)21-8-3-4-9-22(21)31(25,28)29/h3-14H,15H2,1-2H3. The average Bonchev–Trinajstić information content (AvgIpc) is 2.77. The summed E-state index contributed by atoms with van der Waals surface area (Å²) in [5, 5.41) is 0. The normalized spacial score (nSPS) is 14.8. The van der Waals surface area contributed by atoms with E-state index in [1.165, 1.54) is 42.2 Å². The van der Waals surface area contributed by atoms with Crippen LogP contribution >= 0.6 is 0 Å². The zero-order valence-electron chi connectivity index (χ0n) is 17.0. The van der Waals surface area contributed by atoms with Crippen molar-refractivity contribution < 1.29 is 22.7 Å². The monoisotopic (exact) mass is 436 g/mol. The number of fused-ring (bicyclic) bond motifs is 1. The van der Waals surface area contributed by atoms with Crippen molar-refractivity contribution in [1.29, 1.82) is 0 Å². The second kappa shape index (κ2) is 7.88. The Morgan fingerprint density at radius 3 is 2.35 bits per heavy atom. The number of ketones is 1. The molecule has 0 atom stereocenters. The number of sulfonamides is 1. The minimum atomic E-state index is -4.12. The third kappa shape index (κ3) is 3.66. The lowest BCUT2D eigenvalue weighted by molar-refractivity contribution is 0.101. The Kier molecular flexibility index (Phi) is 5.24. The number of hydrogen-bond donors (Lipinski definition) is 0. The predicted octanol–water partition coefficient (Wildman–Crippen LogP) is 4.23. The molecule has 0 spiro atoms. The van der Waals surface area contributed by atoms with Gasteiger partial charge in [0.15, 0.2) is 5.78 Å². The maximum Gasteiger partial charge on any atom is 0.343 e. The van der Waals surface area contributed by atoms with Crippen LogP contribution in [0.25, 0.3) is 0 Å². The molecule has 0 saturated carbocycles. The molecule has 4 rings (SSSR count). The van der Waals surface area contributed by atoms with Crippen molar-refractivity contribution in [3.8, 4) is 5.75 Å². The smallest absolute Gasteiger partial charge is 0.343 e. The number of urea groups is 1. The Bertz CT molecular complexity index is 1270. The highest BCUT2D eigenvalue weighted by Gasteiger charge is 2.42. The molecule has 0 aliphatic carbocycles. The Morgan fingerprint density at radius 1 is 0.968 bits per heavy atom. The lowest BCUT2D eigenvalue weighted by atomic mass is 10.1. The van der Waals surface area contributed by atoms with E-state index in [2.05, 4.69) is 0 Å². The van der Waals surface area contributed by atoms with Crippen LogP contribution < -0.4 is 13.9 Å². The first kappa shape index (κ1) is 20.6. The first-order chi connectivity index (χ1) is 14.8. The number of para-hydroxylation sites is 1. The molecule has 0 N–H and O–H groups in total. The van der Waals surface area contributed by atoms with Gasteiger partial charge in [-0.3, -0.25) is 9.69 Å². The number of carbonyl (C=O) groups excluding carboxylic acids is 2. The summed E-state index contributed by atoms with van der Waals surface area (Å²) in [5.74, 6) is 0.490. The Balaban J connectivity index is 1.82. The van der Waals surface area contributed by atoms with Crippen LogP contribution in [0.1, 0.15) is 22.8 Å². The number of amides is 2. The van der Waals surface area contributed by atoms with Gasteiger partial charge >= 0.3 is 6.03 Å². The number of anilines is 2. The van der Waals surface area contributed by atoms with Crippen LogP contribution in [0.4, 0.5) is 16.2 Å². The molecule has 158 valence electrons. The fraction of sp³-hybridized carbons (Fsp3) is 0.130. The summed E-state index contributed by atoms with van der Waals surface area (Å²) in [5.41, 5.74) is 1.69. The summed E-state index contributed by atoms with van der Waals surface area (Å²) in [6.07, 6.45) is 0. The van der Waals surface area contributed by atoms with Crippen LogP contribution in [-0.2, 0) is 16.6 Å². The zero-order chi connectivity index (χ0) is 22.2. The van der Waals surface area contributed by atoms with E-state index in [1.54, 1.807) is 37.4 Å². The molecule has 3 aromatic carbocycles. The van der Waals surface area contributed by atoms with Gasteiger partial charge in [0.1, 0.15) is 10.6 Å². The molecule has 0 fully saturated rings. The lowest BCUT2D eigenvalue weighted by Crippen LogP contribution is -2.50. The van der Waals surface area contributed by atoms with Gasteiger partial charge in [0.2, 0.25) is 0 Å². The summed E-state index contributed by atoms with van der Waals surface area (Å²) in [6, 6.07) is 18.9. The third-order valence-electron chi connectivity index (χ3n) is 5.06. The van der Waals surface area contributed by atoms with Gasteiger partial charge in [-0.05, 0) is 61.0 Å². The quantitative estimate of drug-likeness (QED) is 0.559. The van der Waals surface area contributed by atoms with E-state index >= 15 is 0 Å². The van der Waals surface area contributed by atoms with Gasteiger partial charge in [0, 0.05) is 5.56 Å². The van der Waals surface area contributed by atoms with Crippen molar-refractivity contribution in [1.82, 2.24) is 0 Å². The van der Waals surface area contributed by atoms with Crippen molar-refractivity contribution in [2.75, 3.05) is 16.3 Å². The lowest BCUT2D eigenvalue weighted by Gasteiger charge is -2.36. The molecule has 0 radical (unpaired) electrons. The molecule has 0 unspecified atom stereocenters. The molecule has 1 heterocycles. The fourth-order valence-electron chi connectivity index (χ4n) is 3.50. The van der Waals surface area contributed by atoms with E-state index in [1.807, 2.05) is 12.1 Å². The van der Waals surface area contributed by atoms with Crippen LogP contribution in [0.3, 0.4) is 0 Å². The minimum absolute atomic E-state index is 0.0353. The highest BCUT2D eigenvalue weighted by Crippen LogP contribution is 2.38. The van der Waals surface area contributed by atoms with E-state index in [9.17, 15) is 18.0 Å². The van der Waals surface area contributed by atoms with Crippen LogP contribution in [0, 0.1) is 0 Å². The molecule has 0 saturated heterocycles. The number of rotatable bonds is 5. The molecule has 7 nitrogen and oxygen atoms in total. The summed E-state index contributed by atoms with van der Waals surface area (Å²) >= 11 is 0. The highest BCUT2D eigenvalue weighted by molar-refractivity contribution is 7.94. The maximum absolute atomic E-state index is 13.5. The van der Waals surface area contributed by atoms with Crippen LogP contribution in [0.2, 0.25) is 0 Å². The molecule has 1 aliphatic rings. The summed E-state index contributed by atoms with van der Waals surface area (Å²) < 4.78 is 32.7. The van der Waals surface area contributed by atoms with Crippen LogP contribution in [0.5, 0.6) is 5.75 Å². The molecule has 3 aromatic rings. The molecule has 0 bridgehead atoms. The molecular formula is C23H20N2O5S. The number of Topliss-reactive ketones (excluding diaryl/α,β-unsaturated/α-hetero) is 1. The number of hydrogen-bond acceptors (Lipinski definition) is 5.